The van der Waals surface area contributed by atoms with Crippen molar-refractivity contribution in [2.75, 3.05) is 13.2 Å². The van der Waals surface area contributed by atoms with Crippen LogP contribution in [0.2, 0.25) is 0 Å². The molecule has 0 amide bonds. The van der Waals surface area contributed by atoms with Crippen molar-refractivity contribution in [1.82, 2.24) is 0 Å². The second-order valence-corrected chi connectivity index (χ2v) is 17.7. The van der Waals surface area contributed by atoms with E-state index in [2.05, 4.69) is 47.6 Å². The molecule has 6 rings (SSSR count). The third-order valence-corrected chi connectivity index (χ3v) is 15.5. The number of carboxylic acid groups (broad SMARTS) is 1. The van der Waals surface area contributed by atoms with Gasteiger partial charge < -0.3 is 45.2 Å². The Hall–Kier alpha value is -1.11. The monoisotopic (exact) mass is 650 g/mol. The normalized spacial score (nSPS) is 54.8. The van der Waals surface area contributed by atoms with Crippen LogP contribution in [0.15, 0.2) is 11.6 Å². The van der Waals surface area contributed by atoms with Crippen LogP contribution in [-0.4, -0.2) is 97.8 Å². The van der Waals surface area contributed by atoms with E-state index in [1.54, 1.807) is 0 Å². The van der Waals surface area contributed by atoms with Gasteiger partial charge in [0.05, 0.1) is 30.8 Å². The minimum atomic E-state index is -1.57. The van der Waals surface area contributed by atoms with Crippen LogP contribution in [0.4, 0.5) is 0 Å². The number of aliphatic hydroxyl groups is 6. The lowest BCUT2D eigenvalue weighted by Gasteiger charge is -2.71. The minimum Gasteiger partial charge on any atom is -0.481 e. The largest absolute Gasteiger partial charge is 0.481 e. The van der Waals surface area contributed by atoms with E-state index in [9.17, 15) is 40.5 Å². The smallest absolute Gasteiger partial charge is 0.310 e. The Balaban J connectivity index is 1.33. The number of rotatable bonds is 5. The fourth-order valence-corrected chi connectivity index (χ4v) is 12.2. The number of fused-ring (bicyclic) bond motifs is 7. The molecule has 5 fully saturated rings. The zero-order chi connectivity index (χ0) is 33.8. The number of hydrogen-bond acceptors (Lipinski definition) is 9. The van der Waals surface area contributed by atoms with Crippen molar-refractivity contribution in [2.24, 2.45) is 50.2 Å². The summed E-state index contributed by atoms with van der Waals surface area (Å²) in [6.07, 6.45) is 0.536. The topological polar surface area (TPSA) is 177 Å². The van der Waals surface area contributed by atoms with Gasteiger partial charge in [-0.1, -0.05) is 53.2 Å². The van der Waals surface area contributed by atoms with Crippen molar-refractivity contribution >= 4 is 5.97 Å². The summed E-state index contributed by atoms with van der Waals surface area (Å²) in [6, 6.07) is 0. The number of hydrogen-bond donors (Lipinski definition) is 7. The molecular weight excluding hydrogens is 592 g/mol. The summed E-state index contributed by atoms with van der Waals surface area (Å²) in [5.74, 6) is -0.489. The van der Waals surface area contributed by atoms with Crippen molar-refractivity contribution in [2.45, 2.75) is 142 Å². The van der Waals surface area contributed by atoms with Crippen LogP contribution >= 0.6 is 0 Å². The Labute approximate surface area is 273 Å². The summed E-state index contributed by atoms with van der Waals surface area (Å²) in [6.45, 7) is 12.8. The molecule has 0 aromatic rings. The van der Waals surface area contributed by atoms with Crippen LogP contribution in [0.1, 0.15) is 99.3 Å². The lowest BCUT2D eigenvalue weighted by molar-refractivity contribution is -0.325. The predicted octanol–water partition coefficient (Wildman–Crippen LogP) is 3.00. The molecule has 262 valence electrons. The summed E-state index contributed by atoms with van der Waals surface area (Å²) >= 11 is 0. The van der Waals surface area contributed by atoms with E-state index in [1.165, 1.54) is 5.57 Å². The van der Waals surface area contributed by atoms with Gasteiger partial charge in [-0.2, -0.15) is 0 Å². The van der Waals surface area contributed by atoms with Crippen LogP contribution in [0.5, 0.6) is 0 Å². The van der Waals surface area contributed by atoms with Crippen molar-refractivity contribution < 1.29 is 50.0 Å². The Morgan fingerprint density at radius 2 is 1.59 bits per heavy atom. The summed E-state index contributed by atoms with van der Waals surface area (Å²) in [5, 5.41) is 73.6. The van der Waals surface area contributed by atoms with Gasteiger partial charge in [0, 0.05) is 5.41 Å². The first-order chi connectivity index (χ1) is 21.4. The Morgan fingerprint density at radius 1 is 0.891 bits per heavy atom. The van der Waals surface area contributed by atoms with Gasteiger partial charge in [-0.25, -0.2) is 0 Å². The van der Waals surface area contributed by atoms with Gasteiger partial charge in [-0.05, 0) is 97.2 Å². The van der Waals surface area contributed by atoms with Crippen LogP contribution in [0.3, 0.4) is 0 Å². The molecular formula is C36H58O10. The number of carbonyl (C=O) groups is 1. The maximum atomic E-state index is 13.4. The second-order valence-electron chi connectivity index (χ2n) is 17.7. The fourth-order valence-electron chi connectivity index (χ4n) is 12.2. The highest BCUT2D eigenvalue weighted by Crippen LogP contribution is 2.76. The fraction of sp³-hybridized carbons (Fsp3) is 0.917. The molecule has 0 aromatic carbocycles. The Kier molecular flexibility index (Phi) is 8.46. The van der Waals surface area contributed by atoms with Crippen molar-refractivity contribution in [3.63, 3.8) is 0 Å². The number of allylic oxidation sites excluding steroid dienone is 2. The standard InChI is InChI=1S/C36H58O10/c1-31(2)15-20-19-7-8-23-32(3)11-10-24(39)33(4,18-38)22(32)9-12-35(23,6)34(19,5)13-14-36(20,30(43)44)16-25(31)46-29-28(42)27(41)26(40)21(17-37)45-29/h7,20-29,37-42H,8-18H2,1-6H3,(H,43,44). The average Bonchev–Trinajstić information content (AvgIpc) is 3.00. The first-order valence-corrected chi connectivity index (χ1v) is 17.5. The molecule has 4 saturated carbocycles. The van der Waals surface area contributed by atoms with Gasteiger partial charge in [0.15, 0.2) is 6.29 Å². The first kappa shape index (κ1) is 34.7. The highest BCUT2D eigenvalue weighted by molar-refractivity contribution is 5.77. The molecule has 1 saturated heterocycles. The summed E-state index contributed by atoms with van der Waals surface area (Å²) in [5.41, 5.74) is -1.19. The van der Waals surface area contributed by atoms with Crippen molar-refractivity contribution in [1.29, 1.82) is 0 Å². The second kappa shape index (κ2) is 11.2. The molecule has 46 heavy (non-hydrogen) atoms. The number of ether oxygens (including phenoxy) is 2. The summed E-state index contributed by atoms with van der Waals surface area (Å²) in [7, 11) is 0. The van der Waals surface area contributed by atoms with Crippen LogP contribution < -0.4 is 0 Å². The van der Waals surface area contributed by atoms with Crippen molar-refractivity contribution in [3.05, 3.63) is 11.6 Å². The number of aliphatic carboxylic acids is 1. The third-order valence-electron chi connectivity index (χ3n) is 15.5. The predicted molar refractivity (Wildman–Crippen MR) is 168 cm³/mol. The number of aliphatic hydroxyl groups excluding tert-OH is 6. The van der Waals surface area contributed by atoms with Gasteiger partial charge in [0.1, 0.15) is 24.4 Å². The maximum absolute atomic E-state index is 13.4. The van der Waals surface area contributed by atoms with E-state index in [0.29, 0.717) is 25.2 Å². The summed E-state index contributed by atoms with van der Waals surface area (Å²) < 4.78 is 12.0. The highest BCUT2D eigenvalue weighted by Gasteiger charge is 2.70. The zero-order valence-electron chi connectivity index (χ0n) is 28.5. The molecule has 0 spiro atoms. The van der Waals surface area contributed by atoms with Gasteiger partial charge in [0.25, 0.3) is 0 Å². The van der Waals surface area contributed by atoms with Gasteiger partial charge in [0.2, 0.25) is 0 Å². The first-order valence-electron chi connectivity index (χ1n) is 17.5. The molecule has 15 unspecified atom stereocenters. The molecule has 15 atom stereocenters. The lowest BCUT2D eigenvalue weighted by atomic mass is 9.33. The van der Waals surface area contributed by atoms with E-state index in [4.69, 9.17) is 9.47 Å². The third kappa shape index (κ3) is 4.53. The molecule has 0 bridgehead atoms. The van der Waals surface area contributed by atoms with E-state index >= 15 is 0 Å². The van der Waals surface area contributed by atoms with E-state index in [-0.39, 0.29) is 41.1 Å². The quantitative estimate of drug-likeness (QED) is 0.173. The minimum absolute atomic E-state index is 0.0269. The molecule has 1 aliphatic heterocycles. The molecule has 0 radical (unpaired) electrons. The number of carboxylic acids is 1. The van der Waals surface area contributed by atoms with Crippen LogP contribution in [0.25, 0.3) is 0 Å². The molecule has 5 aliphatic carbocycles. The van der Waals surface area contributed by atoms with E-state index < -0.39 is 71.7 Å². The van der Waals surface area contributed by atoms with Gasteiger partial charge in [-0.3, -0.25) is 4.79 Å². The molecule has 0 aromatic heterocycles. The molecule has 10 heteroatoms. The van der Waals surface area contributed by atoms with Crippen LogP contribution in [-0.2, 0) is 14.3 Å². The Morgan fingerprint density at radius 3 is 2.22 bits per heavy atom. The SMILES string of the molecule is CC1(C)CC2C3=CCC4C5(C)CCC(O)C(C)(CO)C5CCC4(C)C3(C)CCC2(C(=O)O)CC1OC1OC(CO)C(O)C(O)C1O. The van der Waals surface area contributed by atoms with E-state index in [0.717, 1.165) is 32.1 Å². The summed E-state index contributed by atoms with van der Waals surface area (Å²) in [4.78, 5) is 13.4. The maximum Gasteiger partial charge on any atom is 0.310 e. The molecule has 6 aliphatic rings. The molecule has 10 nitrogen and oxygen atoms in total. The highest BCUT2D eigenvalue weighted by atomic mass is 16.7. The van der Waals surface area contributed by atoms with Gasteiger partial charge >= 0.3 is 5.97 Å². The molecule has 1 heterocycles. The Bertz CT molecular complexity index is 1240. The average molecular weight is 651 g/mol. The van der Waals surface area contributed by atoms with Crippen molar-refractivity contribution in [3.8, 4) is 0 Å². The van der Waals surface area contributed by atoms with Gasteiger partial charge in [-0.15, -0.1) is 0 Å². The van der Waals surface area contributed by atoms with E-state index in [1.807, 2.05) is 0 Å². The molecule has 7 N–H and O–H groups in total. The lowest BCUT2D eigenvalue weighted by Crippen LogP contribution is -2.66. The van der Waals surface area contributed by atoms with Crippen LogP contribution in [0, 0.1) is 50.2 Å². The zero-order valence-corrected chi connectivity index (χ0v) is 28.5.